The number of hydrogen-bond donors (Lipinski definition) is 2. The van der Waals surface area contributed by atoms with Gasteiger partial charge in [-0.3, -0.25) is 9.36 Å². The fraction of sp³-hybridized carbons (Fsp3) is 0.182. The summed E-state index contributed by atoms with van der Waals surface area (Å²) >= 11 is 4.19. The van der Waals surface area contributed by atoms with E-state index in [-0.39, 0.29) is 12.5 Å². The normalized spacial score (nSPS) is 10.2. The van der Waals surface area contributed by atoms with E-state index in [0.29, 0.717) is 11.0 Å². The molecular formula is C11H12N4OS. The van der Waals surface area contributed by atoms with Crippen molar-refractivity contribution in [1.82, 2.24) is 20.1 Å². The monoisotopic (exact) mass is 248 g/mol. The summed E-state index contributed by atoms with van der Waals surface area (Å²) in [6.45, 7) is 0.159. The molecule has 0 saturated carbocycles. The molecule has 6 heteroatoms. The number of amides is 1. The molecule has 0 bridgehead atoms. The van der Waals surface area contributed by atoms with Crippen LogP contribution in [-0.4, -0.2) is 27.7 Å². The van der Waals surface area contributed by atoms with E-state index >= 15 is 0 Å². The number of benzene rings is 1. The van der Waals surface area contributed by atoms with E-state index in [2.05, 4.69) is 28.1 Å². The number of nitrogens with one attached hydrogen (secondary N) is 1. The van der Waals surface area contributed by atoms with Gasteiger partial charge in [0.1, 0.15) is 6.54 Å². The lowest BCUT2D eigenvalue weighted by molar-refractivity contribution is -0.121. The number of hydrogen-bond acceptors (Lipinski definition) is 4. The van der Waals surface area contributed by atoms with Crippen LogP contribution in [0, 0.1) is 0 Å². The lowest BCUT2D eigenvalue weighted by Gasteiger charge is -2.06. The molecule has 5 nitrogen and oxygen atoms in total. The van der Waals surface area contributed by atoms with Crippen LogP contribution in [0.5, 0.6) is 0 Å². The summed E-state index contributed by atoms with van der Waals surface area (Å²) in [5.41, 5.74) is 0.907. The Morgan fingerprint density at radius 1 is 1.35 bits per heavy atom. The first-order valence-electron chi connectivity index (χ1n) is 5.10. The zero-order chi connectivity index (χ0) is 12.3. The average molecular weight is 248 g/mol. The van der Waals surface area contributed by atoms with Crippen LogP contribution in [0.1, 0.15) is 0 Å². The maximum Gasteiger partial charge on any atom is 0.239 e. The van der Waals surface area contributed by atoms with Crippen molar-refractivity contribution in [2.45, 2.75) is 11.7 Å². The third kappa shape index (κ3) is 2.47. The minimum Gasteiger partial charge on any atom is -0.358 e. The summed E-state index contributed by atoms with van der Waals surface area (Å²) in [5.74, 6) is 0.525. The highest BCUT2D eigenvalue weighted by molar-refractivity contribution is 7.80. The predicted molar refractivity (Wildman–Crippen MR) is 66.8 cm³/mol. The quantitative estimate of drug-likeness (QED) is 0.796. The average Bonchev–Trinajstić information content (AvgIpc) is 2.72. The number of rotatable bonds is 3. The summed E-state index contributed by atoms with van der Waals surface area (Å²) in [6.07, 6.45) is 0. The molecule has 0 radical (unpaired) electrons. The Hall–Kier alpha value is -1.82. The Bertz CT molecular complexity index is 524. The van der Waals surface area contributed by atoms with Crippen LogP contribution in [0.3, 0.4) is 0 Å². The van der Waals surface area contributed by atoms with Gasteiger partial charge in [-0.1, -0.05) is 30.3 Å². The molecule has 0 aliphatic heterocycles. The number of likely N-dealkylation sites (N-methyl/N-ethyl adjacent to an activating group) is 1. The molecule has 0 saturated heterocycles. The SMILES string of the molecule is CNC(=O)Cn1c(S)nnc1-c1ccccc1. The third-order valence-corrected chi connectivity index (χ3v) is 2.67. The molecule has 2 rings (SSSR count). The molecule has 1 aromatic heterocycles. The first-order chi connectivity index (χ1) is 8.22. The number of nitrogens with zero attached hydrogens (tertiary/aromatic N) is 3. The summed E-state index contributed by atoms with van der Waals surface area (Å²) in [5, 5.41) is 10.9. The molecule has 1 aromatic carbocycles. The Morgan fingerprint density at radius 2 is 2.06 bits per heavy atom. The molecule has 88 valence electrons. The van der Waals surface area contributed by atoms with Gasteiger partial charge in [0.25, 0.3) is 0 Å². The third-order valence-electron chi connectivity index (χ3n) is 2.34. The minimum absolute atomic E-state index is 0.114. The zero-order valence-electron chi connectivity index (χ0n) is 9.29. The number of carbonyl (C=O) groups is 1. The molecule has 0 aliphatic carbocycles. The van der Waals surface area contributed by atoms with Crippen molar-refractivity contribution in [3.8, 4) is 11.4 Å². The molecular weight excluding hydrogens is 236 g/mol. The van der Waals surface area contributed by atoms with Crippen molar-refractivity contribution in [3.63, 3.8) is 0 Å². The zero-order valence-corrected chi connectivity index (χ0v) is 10.2. The molecule has 1 amide bonds. The number of carbonyl (C=O) groups excluding carboxylic acids is 1. The van der Waals surface area contributed by atoms with Crippen molar-refractivity contribution in [2.75, 3.05) is 7.05 Å². The van der Waals surface area contributed by atoms with E-state index < -0.39 is 0 Å². The van der Waals surface area contributed by atoms with E-state index in [1.807, 2.05) is 30.3 Å². The molecule has 0 unspecified atom stereocenters. The van der Waals surface area contributed by atoms with Crippen LogP contribution in [0.2, 0.25) is 0 Å². The Kier molecular flexibility index (Phi) is 3.43. The van der Waals surface area contributed by atoms with Crippen LogP contribution in [0.25, 0.3) is 11.4 Å². The van der Waals surface area contributed by atoms with Crippen molar-refractivity contribution >= 4 is 18.5 Å². The van der Waals surface area contributed by atoms with Crippen LogP contribution in [0.4, 0.5) is 0 Å². The van der Waals surface area contributed by atoms with Crippen molar-refractivity contribution in [1.29, 1.82) is 0 Å². The first kappa shape index (κ1) is 11.7. The van der Waals surface area contributed by atoms with Crippen LogP contribution in [-0.2, 0) is 11.3 Å². The van der Waals surface area contributed by atoms with Gasteiger partial charge in [0.2, 0.25) is 5.91 Å². The summed E-state index contributed by atoms with van der Waals surface area (Å²) in [4.78, 5) is 11.4. The van der Waals surface area contributed by atoms with E-state index in [0.717, 1.165) is 5.56 Å². The summed E-state index contributed by atoms with van der Waals surface area (Å²) in [6, 6.07) is 9.57. The van der Waals surface area contributed by atoms with Crippen LogP contribution < -0.4 is 5.32 Å². The van der Waals surface area contributed by atoms with E-state index in [4.69, 9.17) is 0 Å². The smallest absolute Gasteiger partial charge is 0.239 e. The maximum atomic E-state index is 11.4. The van der Waals surface area contributed by atoms with Crippen molar-refractivity contribution in [2.24, 2.45) is 0 Å². The molecule has 0 aliphatic rings. The molecule has 2 aromatic rings. The molecule has 17 heavy (non-hydrogen) atoms. The van der Waals surface area contributed by atoms with E-state index in [1.165, 1.54) is 0 Å². The highest BCUT2D eigenvalue weighted by Crippen LogP contribution is 2.19. The highest BCUT2D eigenvalue weighted by Gasteiger charge is 2.13. The molecule has 0 atom stereocenters. The lowest BCUT2D eigenvalue weighted by Crippen LogP contribution is -2.24. The van der Waals surface area contributed by atoms with Gasteiger partial charge in [-0.25, -0.2) is 0 Å². The first-order valence-corrected chi connectivity index (χ1v) is 5.55. The summed E-state index contributed by atoms with van der Waals surface area (Å²) < 4.78 is 1.66. The number of thiol groups is 1. The maximum absolute atomic E-state index is 11.4. The molecule has 0 fully saturated rings. The Morgan fingerprint density at radius 3 is 2.71 bits per heavy atom. The van der Waals surface area contributed by atoms with Gasteiger partial charge in [0, 0.05) is 12.6 Å². The number of aromatic nitrogens is 3. The fourth-order valence-corrected chi connectivity index (χ4v) is 1.67. The van der Waals surface area contributed by atoms with Crippen LogP contribution >= 0.6 is 12.6 Å². The second-order valence-corrected chi connectivity index (χ2v) is 3.85. The van der Waals surface area contributed by atoms with Crippen molar-refractivity contribution in [3.05, 3.63) is 30.3 Å². The molecule has 1 N–H and O–H groups in total. The van der Waals surface area contributed by atoms with Gasteiger partial charge in [0.05, 0.1) is 0 Å². The van der Waals surface area contributed by atoms with Gasteiger partial charge >= 0.3 is 0 Å². The standard InChI is InChI=1S/C11H12N4OS/c1-12-9(16)7-15-10(13-14-11(15)17)8-5-3-2-4-6-8/h2-6H,7H2,1H3,(H,12,16)(H,14,17). The highest BCUT2D eigenvalue weighted by atomic mass is 32.1. The largest absolute Gasteiger partial charge is 0.358 e. The second kappa shape index (κ2) is 5.01. The molecule has 0 spiro atoms. The topological polar surface area (TPSA) is 59.8 Å². The van der Waals surface area contributed by atoms with Gasteiger partial charge in [-0.05, 0) is 0 Å². The minimum atomic E-state index is -0.114. The van der Waals surface area contributed by atoms with Gasteiger partial charge in [-0.15, -0.1) is 22.8 Å². The van der Waals surface area contributed by atoms with Crippen molar-refractivity contribution < 1.29 is 4.79 Å². The van der Waals surface area contributed by atoms with Gasteiger partial charge in [0.15, 0.2) is 11.0 Å². The van der Waals surface area contributed by atoms with E-state index in [1.54, 1.807) is 11.6 Å². The van der Waals surface area contributed by atoms with Gasteiger partial charge < -0.3 is 5.32 Å². The van der Waals surface area contributed by atoms with E-state index in [9.17, 15) is 4.79 Å². The molecule has 1 heterocycles. The predicted octanol–water partition coefficient (Wildman–Crippen LogP) is 0.980. The lowest BCUT2D eigenvalue weighted by atomic mass is 10.2. The van der Waals surface area contributed by atoms with Gasteiger partial charge in [-0.2, -0.15) is 0 Å². The fourth-order valence-electron chi connectivity index (χ4n) is 1.46. The summed E-state index contributed by atoms with van der Waals surface area (Å²) in [7, 11) is 1.59. The second-order valence-electron chi connectivity index (χ2n) is 3.45. The van der Waals surface area contributed by atoms with Crippen LogP contribution in [0.15, 0.2) is 35.5 Å². The Balaban J connectivity index is 2.39. The Labute approximate surface area is 104 Å².